The SMILES string of the molecule is C.CC(=O)c1ccc(N2CCc3ccccc3C2=O)cc1. The summed E-state index contributed by atoms with van der Waals surface area (Å²) in [5, 5.41) is 0. The van der Waals surface area contributed by atoms with Gasteiger partial charge in [-0.25, -0.2) is 0 Å². The molecule has 0 unspecified atom stereocenters. The zero-order chi connectivity index (χ0) is 14.1. The third kappa shape index (κ3) is 2.72. The molecule has 2 aromatic carbocycles. The van der Waals surface area contributed by atoms with Crippen molar-refractivity contribution >= 4 is 17.4 Å². The first-order valence-electron chi connectivity index (χ1n) is 6.67. The summed E-state index contributed by atoms with van der Waals surface area (Å²) in [5.74, 6) is 0.0642. The monoisotopic (exact) mass is 281 g/mol. The van der Waals surface area contributed by atoms with E-state index in [1.54, 1.807) is 17.0 Å². The van der Waals surface area contributed by atoms with E-state index in [0.29, 0.717) is 12.1 Å². The number of fused-ring (bicyclic) bond motifs is 1. The molecule has 2 aromatic rings. The fraction of sp³-hybridized carbons (Fsp3) is 0.222. The zero-order valence-corrected chi connectivity index (χ0v) is 11.3. The molecule has 0 saturated heterocycles. The lowest BCUT2D eigenvalue weighted by atomic mass is 9.98. The Labute approximate surface area is 125 Å². The van der Waals surface area contributed by atoms with E-state index in [1.807, 2.05) is 36.4 Å². The number of hydrogen-bond acceptors (Lipinski definition) is 2. The third-order valence-electron chi connectivity index (χ3n) is 3.68. The van der Waals surface area contributed by atoms with Crippen LogP contribution in [0.1, 0.15) is 40.6 Å². The number of carbonyl (C=O) groups is 2. The van der Waals surface area contributed by atoms with Crippen molar-refractivity contribution in [2.45, 2.75) is 20.8 Å². The quantitative estimate of drug-likeness (QED) is 0.787. The van der Waals surface area contributed by atoms with Gasteiger partial charge in [-0.1, -0.05) is 25.6 Å². The van der Waals surface area contributed by atoms with Crippen LogP contribution in [0.4, 0.5) is 5.69 Å². The lowest BCUT2D eigenvalue weighted by Gasteiger charge is -2.28. The molecule has 0 fully saturated rings. The van der Waals surface area contributed by atoms with Crippen LogP contribution in [0.25, 0.3) is 0 Å². The minimum atomic E-state index is 0. The van der Waals surface area contributed by atoms with Crippen LogP contribution in [-0.2, 0) is 6.42 Å². The van der Waals surface area contributed by atoms with Gasteiger partial charge in [-0.2, -0.15) is 0 Å². The second-order valence-electron chi connectivity index (χ2n) is 4.97. The van der Waals surface area contributed by atoms with E-state index in [9.17, 15) is 9.59 Å². The highest BCUT2D eigenvalue weighted by molar-refractivity contribution is 6.08. The summed E-state index contributed by atoms with van der Waals surface area (Å²) in [6.07, 6.45) is 0.858. The van der Waals surface area contributed by atoms with Gasteiger partial charge in [0.25, 0.3) is 5.91 Å². The van der Waals surface area contributed by atoms with Crippen LogP contribution >= 0.6 is 0 Å². The predicted octanol–water partition coefficient (Wildman–Crippen LogP) is 3.73. The second kappa shape index (κ2) is 5.92. The van der Waals surface area contributed by atoms with Crippen LogP contribution in [-0.4, -0.2) is 18.2 Å². The molecule has 1 heterocycles. The van der Waals surface area contributed by atoms with Crippen molar-refractivity contribution in [2.75, 3.05) is 11.4 Å². The Bertz CT molecular complexity index is 674. The van der Waals surface area contributed by atoms with Crippen LogP contribution in [0.3, 0.4) is 0 Å². The predicted molar refractivity (Wildman–Crippen MR) is 85.0 cm³/mol. The molecule has 21 heavy (non-hydrogen) atoms. The van der Waals surface area contributed by atoms with E-state index in [-0.39, 0.29) is 19.1 Å². The number of benzene rings is 2. The van der Waals surface area contributed by atoms with Crippen LogP contribution in [0.2, 0.25) is 0 Å². The highest BCUT2D eigenvalue weighted by atomic mass is 16.2. The summed E-state index contributed by atoms with van der Waals surface area (Å²) in [4.78, 5) is 25.5. The lowest BCUT2D eigenvalue weighted by molar-refractivity contribution is 0.0979. The van der Waals surface area contributed by atoms with Gasteiger partial charge in [-0.05, 0) is 49.2 Å². The fourth-order valence-electron chi connectivity index (χ4n) is 2.55. The second-order valence-corrected chi connectivity index (χ2v) is 4.97. The topological polar surface area (TPSA) is 37.4 Å². The number of rotatable bonds is 2. The molecular weight excluding hydrogens is 262 g/mol. The molecule has 3 heteroatoms. The number of nitrogens with zero attached hydrogens (tertiary/aromatic N) is 1. The minimum absolute atomic E-state index is 0. The molecule has 0 atom stereocenters. The maximum absolute atomic E-state index is 12.5. The molecule has 0 aliphatic carbocycles. The smallest absolute Gasteiger partial charge is 0.258 e. The average molecular weight is 281 g/mol. The van der Waals surface area contributed by atoms with Gasteiger partial charge in [0.15, 0.2) is 5.78 Å². The highest BCUT2D eigenvalue weighted by Gasteiger charge is 2.24. The molecule has 3 nitrogen and oxygen atoms in total. The van der Waals surface area contributed by atoms with E-state index in [4.69, 9.17) is 0 Å². The molecule has 0 saturated carbocycles. The van der Waals surface area contributed by atoms with Crippen molar-refractivity contribution in [2.24, 2.45) is 0 Å². The van der Waals surface area contributed by atoms with E-state index >= 15 is 0 Å². The Balaban J connectivity index is 0.00000161. The van der Waals surface area contributed by atoms with Crippen molar-refractivity contribution in [3.05, 3.63) is 65.2 Å². The first-order valence-corrected chi connectivity index (χ1v) is 6.67. The number of amides is 1. The molecule has 1 amide bonds. The maximum Gasteiger partial charge on any atom is 0.258 e. The molecule has 1 aliphatic heterocycles. The maximum atomic E-state index is 12.5. The minimum Gasteiger partial charge on any atom is -0.308 e. The summed E-state index contributed by atoms with van der Waals surface area (Å²) in [7, 11) is 0. The number of hydrogen-bond donors (Lipinski definition) is 0. The van der Waals surface area contributed by atoms with Gasteiger partial charge in [-0.3, -0.25) is 9.59 Å². The van der Waals surface area contributed by atoms with Crippen molar-refractivity contribution < 1.29 is 9.59 Å². The lowest BCUT2D eigenvalue weighted by Crippen LogP contribution is -2.37. The molecule has 1 aliphatic rings. The molecular formula is C18H19NO2. The van der Waals surface area contributed by atoms with E-state index < -0.39 is 0 Å². The molecule has 0 N–H and O–H groups in total. The van der Waals surface area contributed by atoms with E-state index in [0.717, 1.165) is 23.2 Å². The van der Waals surface area contributed by atoms with Gasteiger partial charge < -0.3 is 4.90 Å². The zero-order valence-electron chi connectivity index (χ0n) is 11.3. The molecule has 0 radical (unpaired) electrons. The first kappa shape index (κ1) is 15.0. The van der Waals surface area contributed by atoms with E-state index in [1.165, 1.54) is 6.92 Å². The van der Waals surface area contributed by atoms with Gasteiger partial charge >= 0.3 is 0 Å². The number of ketones is 1. The van der Waals surface area contributed by atoms with Crippen LogP contribution in [0, 0.1) is 0 Å². The summed E-state index contributed by atoms with van der Waals surface area (Å²) in [5.41, 5.74) is 3.39. The van der Waals surface area contributed by atoms with Crippen LogP contribution in [0.5, 0.6) is 0 Å². The standard InChI is InChI=1S/C17H15NO2.CH4/c1-12(19)13-6-8-15(9-7-13)18-11-10-14-4-2-3-5-16(14)17(18)20;/h2-9H,10-11H2,1H3;1H4. The largest absolute Gasteiger partial charge is 0.308 e. The fourth-order valence-corrected chi connectivity index (χ4v) is 2.55. The Morgan fingerprint density at radius 2 is 1.71 bits per heavy atom. The first-order chi connectivity index (χ1) is 9.66. The van der Waals surface area contributed by atoms with Gasteiger partial charge in [0.05, 0.1) is 0 Å². The Morgan fingerprint density at radius 1 is 1.05 bits per heavy atom. The molecule has 3 rings (SSSR count). The van der Waals surface area contributed by atoms with Gasteiger partial charge in [-0.15, -0.1) is 0 Å². The van der Waals surface area contributed by atoms with Crippen molar-refractivity contribution in [3.8, 4) is 0 Å². The van der Waals surface area contributed by atoms with Gasteiger partial charge in [0, 0.05) is 23.4 Å². The number of anilines is 1. The normalized spacial score (nSPS) is 13.4. The average Bonchev–Trinajstić information content (AvgIpc) is 2.48. The number of carbonyl (C=O) groups excluding carboxylic acids is 2. The summed E-state index contributed by atoms with van der Waals surface area (Å²) in [6, 6.07) is 14.9. The van der Waals surface area contributed by atoms with Crippen LogP contribution < -0.4 is 4.90 Å². The summed E-state index contributed by atoms with van der Waals surface area (Å²) >= 11 is 0. The summed E-state index contributed by atoms with van der Waals surface area (Å²) < 4.78 is 0. The Morgan fingerprint density at radius 3 is 2.38 bits per heavy atom. The van der Waals surface area contributed by atoms with Crippen LogP contribution in [0.15, 0.2) is 48.5 Å². The molecule has 0 spiro atoms. The number of Topliss-reactive ketones (excluding diaryl/α,β-unsaturated/α-hetero) is 1. The molecule has 0 aromatic heterocycles. The molecule has 108 valence electrons. The Kier molecular flexibility index (Phi) is 4.22. The van der Waals surface area contributed by atoms with Gasteiger partial charge in [0.2, 0.25) is 0 Å². The van der Waals surface area contributed by atoms with E-state index in [2.05, 4.69) is 0 Å². The van der Waals surface area contributed by atoms with Crippen molar-refractivity contribution in [3.63, 3.8) is 0 Å². The highest BCUT2D eigenvalue weighted by Crippen LogP contribution is 2.24. The third-order valence-corrected chi connectivity index (χ3v) is 3.68. The Hall–Kier alpha value is -2.42. The van der Waals surface area contributed by atoms with Crippen molar-refractivity contribution in [1.29, 1.82) is 0 Å². The molecule has 0 bridgehead atoms. The summed E-state index contributed by atoms with van der Waals surface area (Å²) in [6.45, 7) is 2.21. The van der Waals surface area contributed by atoms with Gasteiger partial charge in [0.1, 0.15) is 0 Å². The van der Waals surface area contributed by atoms with Crippen molar-refractivity contribution in [1.82, 2.24) is 0 Å².